The summed E-state index contributed by atoms with van der Waals surface area (Å²) in [6.07, 6.45) is 4.30. The van der Waals surface area contributed by atoms with Gasteiger partial charge >= 0.3 is 0 Å². The zero-order valence-electron chi connectivity index (χ0n) is 18.3. The van der Waals surface area contributed by atoms with Gasteiger partial charge in [-0.15, -0.1) is 0 Å². The van der Waals surface area contributed by atoms with Gasteiger partial charge in [-0.2, -0.15) is 0 Å². The van der Waals surface area contributed by atoms with E-state index in [1.54, 1.807) is 0 Å². The number of phenols is 1. The van der Waals surface area contributed by atoms with Crippen LogP contribution in [-0.4, -0.2) is 11.7 Å². The Morgan fingerprint density at radius 3 is 2.10 bits per heavy atom. The van der Waals surface area contributed by atoms with Crippen molar-refractivity contribution in [1.29, 1.82) is 0 Å². The molecular weight excluding hydrogens is 366 g/mol. The van der Waals surface area contributed by atoms with Crippen molar-refractivity contribution in [3.63, 3.8) is 0 Å². The van der Waals surface area contributed by atoms with E-state index in [0.29, 0.717) is 17.6 Å². The minimum absolute atomic E-state index is 0.237. The highest BCUT2D eigenvalue weighted by Gasteiger charge is 2.28. The Bertz CT molecular complexity index is 886. The second-order valence-corrected chi connectivity index (χ2v) is 8.67. The lowest BCUT2D eigenvalue weighted by molar-refractivity contribution is 0.474. The Balaban J connectivity index is 2.13. The second kappa shape index (κ2) is 11.0. The van der Waals surface area contributed by atoms with Crippen molar-refractivity contribution in [2.75, 3.05) is 6.54 Å². The fourth-order valence-corrected chi connectivity index (χ4v) is 4.51. The van der Waals surface area contributed by atoms with Crippen LogP contribution in [0, 0.1) is 5.92 Å². The van der Waals surface area contributed by atoms with Crippen LogP contribution in [0.1, 0.15) is 67.2 Å². The number of benzene rings is 3. The molecule has 0 aliphatic heterocycles. The molecule has 0 bridgehead atoms. The van der Waals surface area contributed by atoms with E-state index in [2.05, 4.69) is 80.6 Å². The van der Waals surface area contributed by atoms with Crippen molar-refractivity contribution in [2.24, 2.45) is 11.7 Å². The molecule has 0 amide bonds. The molecule has 3 aromatic carbocycles. The fraction of sp³-hybridized carbons (Fsp3) is 0.357. The predicted molar refractivity (Wildman–Crippen MR) is 127 cm³/mol. The summed E-state index contributed by atoms with van der Waals surface area (Å²) in [6.45, 7) is 5.29. The molecule has 3 N–H and O–H groups in total. The Morgan fingerprint density at radius 1 is 0.767 bits per heavy atom. The third-order valence-corrected chi connectivity index (χ3v) is 5.87. The summed E-state index contributed by atoms with van der Waals surface area (Å²) >= 11 is 0. The van der Waals surface area contributed by atoms with E-state index < -0.39 is 0 Å². The maximum absolute atomic E-state index is 9.90. The van der Waals surface area contributed by atoms with E-state index in [1.165, 1.54) is 22.3 Å². The van der Waals surface area contributed by atoms with Gasteiger partial charge in [0.1, 0.15) is 5.75 Å². The topological polar surface area (TPSA) is 46.2 Å². The molecule has 0 heterocycles. The first kappa shape index (κ1) is 22.1. The van der Waals surface area contributed by atoms with Crippen LogP contribution in [0.5, 0.6) is 5.75 Å². The van der Waals surface area contributed by atoms with Crippen LogP contribution in [0.3, 0.4) is 0 Å². The standard InChI is InChI=1S/C28H35NO/c1-21(2)20-24-12-6-7-13-27(24)28(23-15-17-25(30)18-16-23)26(14-8-9-19-29)22-10-4-3-5-11-22/h3-7,10-13,15-18,21,26,28,30H,8-9,14,19-20,29H2,1-2H3. The molecule has 0 aromatic heterocycles. The van der Waals surface area contributed by atoms with E-state index in [9.17, 15) is 5.11 Å². The number of nitrogens with two attached hydrogens (primary N) is 1. The van der Waals surface area contributed by atoms with Gasteiger partial charge in [-0.3, -0.25) is 0 Å². The number of rotatable bonds is 10. The summed E-state index contributed by atoms with van der Waals surface area (Å²) in [5.41, 5.74) is 11.3. The number of aromatic hydroxyl groups is 1. The summed E-state index contributed by atoms with van der Waals surface area (Å²) < 4.78 is 0. The Morgan fingerprint density at radius 2 is 1.43 bits per heavy atom. The van der Waals surface area contributed by atoms with Gasteiger partial charge in [-0.1, -0.05) is 87.0 Å². The smallest absolute Gasteiger partial charge is 0.115 e. The van der Waals surface area contributed by atoms with Crippen LogP contribution in [0.2, 0.25) is 0 Å². The van der Waals surface area contributed by atoms with Crippen molar-refractivity contribution in [3.8, 4) is 5.75 Å². The van der Waals surface area contributed by atoms with E-state index in [1.807, 2.05) is 12.1 Å². The molecule has 30 heavy (non-hydrogen) atoms. The molecule has 0 radical (unpaired) electrons. The quantitative estimate of drug-likeness (QED) is 0.374. The van der Waals surface area contributed by atoms with E-state index in [0.717, 1.165) is 32.2 Å². The summed E-state index contributed by atoms with van der Waals surface area (Å²) in [5, 5.41) is 9.90. The Labute approximate surface area is 181 Å². The average Bonchev–Trinajstić information content (AvgIpc) is 2.75. The number of hydrogen-bond acceptors (Lipinski definition) is 2. The van der Waals surface area contributed by atoms with Crippen LogP contribution in [0.15, 0.2) is 78.9 Å². The van der Waals surface area contributed by atoms with E-state index in [-0.39, 0.29) is 5.92 Å². The normalized spacial score (nSPS) is 13.3. The predicted octanol–water partition coefficient (Wildman–Crippen LogP) is 6.64. The Hall–Kier alpha value is -2.58. The molecule has 0 saturated heterocycles. The van der Waals surface area contributed by atoms with Crippen molar-refractivity contribution in [2.45, 2.75) is 51.4 Å². The third-order valence-electron chi connectivity index (χ3n) is 5.87. The molecule has 0 saturated carbocycles. The van der Waals surface area contributed by atoms with Gasteiger partial charge in [0.15, 0.2) is 0 Å². The number of unbranched alkanes of at least 4 members (excludes halogenated alkanes) is 1. The first-order chi connectivity index (χ1) is 14.6. The zero-order valence-corrected chi connectivity index (χ0v) is 18.3. The first-order valence-corrected chi connectivity index (χ1v) is 11.2. The van der Waals surface area contributed by atoms with Gasteiger partial charge in [-0.25, -0.2) is 0 Å². The van der Waals surface area contributed by atoms with Crippen molar-refractivity contribution in [3.05, 3.63) is 101 Å². The third kappa shape index (κ3) is 5.73. The molecule has 0 aliphatic carbocycles. The van der Waals surface area contributed by atoms with Crippen LogP contribution >= 0.6 is 0 Å². The zero-order chi connectivity index (χ0) is 21.3. The van der Waals surface area contributed by atoms with Crippen LogP contribution < -0.4 is 5.73 Å². The molecule has 3 aromatic rings. The SMILES string of the molecule is CC(C)Cc1ccccc1C(c1ccc(O)cc1)C(CCCCN)c1ccccc1. The Kier molecular flexibility index (Phi) is 8.10. The van der Waals surface area contributed by atoms with Gasteiger partial charge in [-0.05, 0) is 72.0 Å². The summed E-state index contributed by atoms with van der Waals surface area (Å²) in [5.74, 6) is 1.50. The summed E-state index contributed by atoms with van der Waals surface area (Å²) in [4.78, 5) is 0. The fourth-order valence-electron chi connectivity index (χ4n) is 4.51. The maximum Gasteiger partial charge on any atom is 0.115 e. The second-order valence-electron chi connectivity index (χ2n) is 8.67. The molecule has 2 atom stereocenters. The highest BCUT2D eigenvalue weighted by Crippen LogP contribution is 2.43. The average molecular weight is 402 g/mol. The summed E-state index contributed by atoms with van der Waals surface area (Å²) in [6, 6.07) is 27.6. The molecule has 0 fully saturated rings. The molecule has 3 rings (SSSR count). The van der Waals surface area contributed by atoms with E-state index in [4.69, 9.17) is 5.73 Å². The lowest BCUT2D eigenvalue weighted by Gasteiger charge is -2.31. The molecule has 2 nitrogen and oxygen atoms in total. The van der Waals surface area contributed by atoms with Crippen LogP contribution in [-0.2, 0) is 6.42 Å². The van der Waals surface area contributed by atoms with Crippen molar-refractivity contribution >= 4 is 0 Å². The maximum atomic E-state index is 9.90. The van der Waals surface area contributed by atoms with Crippen molar-refractivity contribution in [1.82, 2.24) is 0 Å². The van der Waals surface area contributed by atoms with Gasteiger partial charge in [0.25, 0.3) is 0 Å². The molecule has 0 spiro atoms. The molecule has 158 valence electrons. The van der Waals surface area contributed by atoms with Gasteiger partial charge < -0.3 is 10.8 Å². The van der Waals surface area contributed by atoms with E-state index >= 15 is 0 Å². The van der Waals surface area contributed by atoms with Crippen molar-refractivity contribution < 1.29 is 5.11 Å². The molecule has 2 unspecified atom stereocenters. The van der Waals surface area contributed by atoms with Gasteiger partial charge in [0, 0.05) is 5.92 Å². The molecular formula is C28H35NO. The largest absolute Gasteiger partial charge is 0.508 e. The molecule has 0 aliphatic rings. The number of phenolic OH excluding ortho intramolecular Hbond substituents is 1. The lowest BCUT2D eigenvalue weighted by atomic mass is 9.73. The van der Waals surface area contributed by atoms with Crippen LogP contribution in [0.25, 0.3) is 0 Å². The first-order valence-electron chi connectivity index (χ1n) is 11.2. The highest BCUT2D eigenvalue weighted by molar-refractivity contribution is 5.43. The monoisotopic (exact) mass is 401 g/mol. The lowest BCUT2D eigenvalue weighted by Crippen LogP contribution is -2.16. The minimum Gasteiger partial charge on any atom is -0.508 e. The summed E-state index contributed by atoms with van der Waals surface area (Å²) in [7, 11) is 0. The highest BCUT2D eigenvalue weighted by atomic mass is 16.3. The van der Waals surface area contributed by atoms with Crippen LogP contribution in [0.4, 0.5) is 0 Å². The number of hydrogen-bond donors (Lipinski definition) is 2. The molecule has 2 heteroatoms. The minimum atomic E-state index is 0.237. The van der Waals surface area contributed by atoms with Gasteiger partial charge in [0.2, 0.25) is 0 Å². The van der Waals surface area contributed by atoms with Gasteiger partial charge in [0.05, 0.1) is 0 Å².